The summed E-state index contributed by atoms with van der Waals surface area (Å²) in [6, 6.07) is 9.30. The number of carbonyl (C=O) groups is 2. The summed E-state index contributed by atoms with van der Waals surface area (Å²) in [6.45, 7) is 2.25. The van der Waals surface area contributed by atoms with Crippen LogP contribution in [0.3, 0.4) is 0 Å². The van der Waals surface area contributed by atoms with Gasteiger partial charge in [-0.3, -0.25) is 9.69 Å². The summed E-state index contributed by atoms with van der Waals surface area (Å²) in [5.74, 6) is -1.36. The summed E-state index contributed by atoms with van der Waals surface area (Å²) in [5.41, 5.74) is 1.11. The number of phenolic OH excluding ortho intramolecular Hbond substituents is 1. The van der Waals surface area contributed by atoms with Crippen LogP contribution in [0.1, 0.15) is 22.8 Å². The molecule has 0 bridgehead atoms. The quantitative estimate of drug-likeness (QED) is 0.591. The highest BCUT2D eigenvalue weighted by Gasteiger charge is 2.32. The minimum Gasteiger partial charge on any atom is -0.506 e. The number of aliphatic imine (C=N–C) groups is 1. The fraction of sp³-hybridized carbons (Fsp3) is 0.105. The standard InChI is InChI=1S/C19H14BrClN2O4S/c1-2-23-17(25)15(8-11-7-12(20)9-14(21)16(11)24)28-19(23)22-13-5-3-10(4-6-13)18(26)27/h3-9,24H,2H2,1H3,(H,26,27)/b15-8-,22-19?. The van der Waals surface area contributed by atoms with Crippen molar-refractivity contribution in [1.29, 1.82) is 0 Å². The summed E-state index contributed by atoms with van der Waals surface area (Å²) in [4.78, 5) is 30.0. The van der Waals surface area contributed by atoms with Crippen LogP contribution in [0.25, 0.3) is 6.08 Å². The normalized spacial score (nSPS) is 17.0. The van der Waals surface area contributed by atoms with Crippen LogP contribution in [-0.2, 0) is 4.79 Å². The van der Waals surface area contributed by atoms with E-state index in [9.17, 15) is 14.7 Å². The number of hydrogen-bond acceptors (Lipinski definition) is 5. The Kier molecular flexibility index (Phi) is 6.12. The summed E-state index contributed by atoms with van der Waals surface area (Å²) in [6.07, 6.45) is 1.57. The molecule has 2 aromatic rings. The number of nitrogens with zero attached hydrogens (tertiary/aromatic N) is 2. The van der Waals surface area contributed by atoms with Gasteiger partial charge in [-0.15, -0.1) is 0 Å². The number of rotatable bonds is 4. The molecule has 1 fully saturated rings. The van der Waals surface area contributed by atoms with Crippen molar-refractivity contribution < 1.29 is 19.8 Å². The molecule has 0 saturated carbocycles. The van der Waals surface area contributed by atoms with E-state index in [1.807, 2.05) is 6.92 Å². The van der Waals surface area contributed by atoms with E-state index in [1.54, 1.807) is 30.3 Å². The Bertz CT molecular complexity index is 1020. The number of hydrogen-bond donors (Lipinski definition) is 2. The third-order valence-electron chi connectivity index (χ3n) is 3.89. The van der Waals surface area contributed by atoms with Crippen molar-refractivity contribution in [1.82, 2.24) is 4.90 Å². The summed E-state index contributed by atoms with van der Waals surface area (Å²) >= 11 is 10.5. The Morgan fingerprint density at radius 2 is 2.00 bits per heavy atom. The Morgan fingerprint density at radius 1 is 1.32 bits per heavy atom. The number of benzene rings is 2. The lowest BCUT2D eigenvalue weighted by Crippen LogP contribution is -2.28. The van der Waals surface area contributed by atoms with Gasteiger partial charge in [-0.25, -0.2) is 9.79 Å². The zero-order valence-corrected chi connectivity index (χ0v) is 17.7. The first-order valence-electron chi connectivity index (χ1n) is 8.11. The number of halogens is 2. The van der Waals surface area contributed by atoms with Crippen molar-refractivity contribution in [2.75, 3.05) is 6.54 Å². The molecule has 2 N–H and O–H groups in total. The molecule has 9 heteroatoms. The van der Waals surface area contributed by atoms with Crippen LogP contribution < -0.4 is 0 Å². The topological polar surface area (TPSA) is 90.2 Å². The molecule has 0 radical (unpaired) electrons. The number of phenols is 1. The third-order valence-corrected chi connectivity index (χ3v) is 5.64. The van der Waals surface area contributed by atoms with Gasteiger partial charge in [0.2, 0.25) is 0 Å². The monoisotopic (exact) mass is 480 g/mol. The number of likely N-dealkylation sites (N-methyl/N-ethyl adjacent to an activating group) is 1. The van der Waals surface area contributed by atoms with E-state index in [1.165, 1.54) is 28.8 Å². The number of carboxylic acids is 1. The smallest absolute Gasteiger partial charge is 0.335 e. The van der Waals surface area contributed by atoms with Crippen LogP contribution >= 0.6 is 39.3 Å². The number of amidine groups is 1. The highest BCUT2D eigenvalue weighted by molar-refractivity contribution is 9.10. The maximum absolute atomic E-state index is 12.7. The van der Waals surface area contributed by atoms with E-state index in [4.69, 9.17) is 16.7 Å². The second kappa shape index (κ2) is 8.38. The summed E-state index contributed by atoms with van der Waals surface area (Å²) in [7, 11) is 0. The fourth-order valence-corrected chi connectivity index (χ4v) is 4.38. The lowest BCUT2D eigenvalue weighted by Gasteiger charge is -2.12. The molecule has 0 unspecified atom stereocenters. The average molecular weight is 482 g/mol. The van der Waals surface area contributed by atoms with Crippen molar-refractivity contribution in [3.05, 3.63) is 61.9 Å². The molecule has 1 heterocycles. The van der Waals surface area contributed by atoms with Crippen molar-refractivity contribution >= 4 is 68.1 Å². The van der Waals surface area contributed by atoms with E-state index >= 15 is 0 Å². The second-order valence-corrected chi connectivity index (χ2v) is 8.06. The molecule has 28 heavy (non-hydrogen) atoms. The Morgan fingerprint density at radius 3 is 2.61 bits per heavy atom. The minimum atomic E-state index is -1.02. The van der Waals surface area contributed by atoms with Crippen LogP contribution in [-0.4, -0.2) is 38.7 Å². The molecular formula is C19H14BrClN2O4S. The van der Waals surface area contributed by atoms with Crippen molar-refractivity contribution in [3.8, 4) is 5.75 Å². The number of aromatic carboxylic acids is 1. The van der Waals surface area contributed by atoms with Gasteiger partial charge in [-0.2, -0.15) is 0 Å². The molecular weight excluding hydrogens is 468 g/mol. The van der Waals surface area contributed by atoms with E-state index in [2.05, 4.69) is 20.9 Å². The fourth-order valence-electron chi connectivity index (χ4n) is 2.50. The molecule has 6 nitrogen and oxygen atoms in total. The predicted octanol–water partition coefficient (Wildman–Crippen LogP) is 5.13. The summed E-state index contributed by atoms with van der Waals surface area (Å²) < 4.78 is 0.678. The highest BCUT2D eigenvalue weighted by atomic mass is 79.9. The van der Waals surface area contributed by atoms with Crippen molar-refractivity contribution in [2.24, 2.45) is 4.99 Å². The van der Waals surface area contributed by atoms with E-state index in [-0.39, 0.29) is 22.2 Å². The van der Waals surface area contributed by atoms with Crippen LogP contribution in [0.5, 0.6) is 5.75 Å². The number of amides is 1. The molecule has 2 aromatic carbocycles. The van der Waals surface area contributed by atoms with E-state index < -0.39 is 5.97 Å². The van der Waals surface area contributed by atoms with E-state index in [0.29, 0.717) is 32.3 Å². The first-order valence-corrected chi connectivity index (χ1v) is 10.1. The average Bonchev–Trinajstić information content (AvgIpc) is 2.94. The van der Waals surface area contributed by atoms with E-state index in [0.717, 1.165) is 0 Å². The van der Waals surface area contributed by atoms with Crippen LogP contribution in [0.2, 0.25) is 5.02 Å². The van der Waals surface area contributed by atoms with Gasteiger partial charge in [-0.1, -0.05) is 27.5 Å². The molecule has 3 rings (SSSR count). The largest absolute Gasteiger partial charge is 0.506 e. The van der Waals surface area contributed by atoms with Crippen LogP contribution in [0.4, 0.5) is 5.69 Å². The van der Waals surface area contributed by atoms with Gasteiger partial charge in [0.25, 0.3) is 5.91 Å². The zero-order chi connectivity index (χ0) is 20.4. The predicted molar refractivity (Wildman–Crippen MR) is 114 cm³/mol. The number of carbonyl (C=O) groups excluding carboxylic acids is 1. The molecule has 1 aliphatic heterocycles. The Labute approximate surface area is 178 Å². The molecule has 1 saturated heterocycles. The Balaban J connectivity index is 1.95. The first-order chi connectivity index (χ1) is 13.3. The number of thioether (sulfide) groups is 1. The lowest BCUT2D eigenvalue weighted by atomic mass is 10.2. The molecule has 1 aliphatic rings. The Hall–Kier alpha value is -2.29. The van der Waals surface area contributed by atoms with Gasteiger partial charge in [-0.05, 0) is 61.2 Å². The minimum absolute atomic E-state index is 0.108. The van der Waals surface area contributed by atoms with Crippen molar-refractivity contribution in [3.63, 3.8) is 0 Å². The molecule has 0 atom stereocenters. The van der Waals surface area contributed by atoms with Gasteiger partial charge in [0.05, 0.1) is 21.2 Å². The maximum atomic E-state index is 12.7. The molecule has 0 spiro atoms. The van der Waals surface area contributed by atoms with Crippen molar-refractivity contribution in [2.45, 2.75) is 6.92 Å². The van der Waals surface area contributed by atoms with Gasteiger partial charge in [0.1, 0.15) is 5.75 Å². The number of aromatic hydroxyl groups is 1. The molecule has 0 aromatic heterocycles. The third kappa shape index (κ3) is 4.24. The SMILES string of the molecule is CCN1C(=O)/C(=C/c2cc(Br)cc(Cl)c2O)SC1=Nc1ccc(C(=O)O)cc1. The molecule has 1 amide bonds. The van der Waals surface area contributed by atoms with Gasteiger partial charge in [0, 0.05) is 16.6 Å². The van der Waals surface area contributed by atoms with Gasteiger partial charge < -0.3 is 10.2 Å². The second-order valence-electron chi connectivity index (χ2n) is 5.73. The zero-order valence-electron chi connectivity index (χ0n) is 14.5. The van der Waals surface area contributed by atoms with Crippen LogP contribution in [0, 0.1) is 0 Å². The lowest BCUT2D eigenvalue weighted by molar-refractivity contribution is -0.122. The maximum Gasteiger partial charge on any atom is 0.335 e. The number of carboxylic acid groups (broad SMARTS) is 1. The van der Waals surface area contributed by atoms with Crippen LogP contribution in [0.15, 0.2) is 50.8 Å². The molecule has 0 aliphatic carbocycles. The van der Waals surface area contributed by atoms with Gasteiger partial charge in [0.15, 0.2) is 5.17 Å². The first kappa shape index (κ1) is 20.4. The summed E-state index contributed by atoms with van der Waals surface area (Å²) in [5, 5.41) is 19.8. The van der Waals surface area contributed by atoms with Gasteiger partial charge >= 0.3 is 5.97 Å². The highest BCUT2D eigenvalue weighted by Crippen LogP contribution is 2.38. The molecule has 144 valence electrons.